The van der Waals surface area contributed by atoms with Crippen LogP contribution in [-0.2, 0) is 0 Å². The van der Waals surface area contributed by atoms with Gasteiger partial charge in [0.1, 0.15) is 0 Å². The van der Waals surface area contributed by atoms with Gasteiger partial charge in [0.05, 0.1) is 0 Å². The molecule has 0 rings (SSSR count). The fraction of sp³-hybridized carbons (Fsp3) is 1.00. The van der Waals surface area contributed by atoms with Crippen LogP contribution in [0.15, 0.2) is 0 Å². The maximum atomic E-state index is 5.65. The standard InChI is InChI=1S/C9H21N/c1-5-9(3,4)7-6-8(2)10/h8H,5-7,10H2,1-4H3/t8-/m1/s1. The molecule has 0 aliphatic heterocycles. The van der Waals surface area contributed by atoms with Crippen LogP contribution in [0.3, 0.4) is 0 Å². The Bertz CT molecular complexity index is 84.7. The number of hydrogen-bond donors (Lipinski definition) is 1. The van der Waals surface area contributed by atoms with Gasteiger partial charge in [-0.2, -0.15) is 0 Å². The van der Waals surface area contributed by atoms with Gasteiger partial charge in [-0.3, -0.25) is 0 Å². The smallest absolute Gasteiger partial charge is 0.00106 e. The Kier molecular flexibility index (Phi) is 3.95. The number of nitrogens with two attached hydrogens (primary N) is 1. The molecule has 0 bridgehead atoms. The Balaban J connectivity index is 3.46. The molecule has 0 saturated heterocycles. The third-order valence-electron chi connectivity index (χ3n) is 2.23. The molecule has 62 valence electrons. The van der Waals surface area contributed by atoms with E-state index in [2.05, 4.69) is 27.7 Å². The van der Waals surface area contributed by atoms with Crippen molar-refractivity contribution in [2.75, 3.05) is 0 Å². The molecule has 0 heterocycles. The van der Waals surface area contributed by atoms with E-state index in [1.54, 1.807) is 0 Å². The van der Waals surface area contributed by atoms with E-state index in [4.69, 9.17) is 5.73 Å². The van der Waals surface area contributed by atoms with E-state index in [1.807, 2.05) is 0 Å². The zero-order valence-corrected chi connectivity index (χ0v) is 7.78. The second kappa shape index (κ2) is 3.97. The average Bonchev–Trinajstić information content (AvgIpc) is 1.85. The SMILES string of the molecule is CCC(C)(C)CC[C@@H](C)N. The van der Waals surface area contributed by atoms with Crippen LogP contribution < -0.4 is 5.73 Å². The van der Waals surface area contributed by atoms with Gasteiger partial charge in [0, 0.05) is 6.04 Å². The Morgan fingerprint density at radius 3 is 2.20 bits per heavy atom. The van der Waals surface area contributed by atoms with Gasteiger partial charge in [-0.05, 0) is 25.2 Å². The Labute approximate surface area is 65.0 Å². The van der Waals surface area contributed by atoms with Crippen molar-refractivity contribution in [3.63, 3.8) is 0 Å². The maximum Gasteiger partial charge on any atom is 0.00106 e. The van der Waals surface area contributed by atoms with E-state index in [0.717, 1.165) is 6.42 Å². The highest BCUT2D eigenvalue weighted by Gasteiger charge is 2.14. The summed E-state index contributed by atoms with van der Waals surface area (Å²) < 4.78 is 0. The van der Waals surface area contributed by atoms with Crippen LogP contribution in [0.25, 0.3) is 0 Å². The first-order chi connectivity index (χ1) is 4.48. The minimum absolute atomic E-state index is 0.367. The summed E-state index contributed by atoms with van der Waals surface area (Å²) in [6, 6.07) is 0.367. The van der Waals surface area contributed by atoms with Crippen LogP contribution in [0.5, 0.6) is 0 Å². The van der Waals surface area contributed by atoms with Crippen molar-refractivity contribution >= 4 is 0 Å². The topological polar surface area (TPSA) is 26.0 Å². The molecule has 0 amide bonds. The van der Waals surface area contributed by atoms with E-state index in [9.17, 15) is 0 Å². The Hall–Kier alpha value is -0.0400. The molecule has 0 aliphatic carbocycles. The van der Waals surface area contributed by atoms with Crippen molar-refractivity contribution < 1.29 is 0 Å². The molecular formula is C9H21N. The van der Waals surface area contributed by atoms with Gasteiger partial charge < -0.3 is 5.73 Å². The number of hydrogen-bond acceptors (Lipinski definition) is 1. The lowest BCUT2D eigenvalue weighted by molar-refractivity contribution is 0.304. The highest BCUT2D eigenvalue weighted by molar-refractivity contribution is 4.68. The zero-order chi connectivity index (χ0) is 8.20. The van der Waals surface area contributed by atoms with Crippen LogP contribution in [0.1, 0.15) is 47.0 Å². The average molecular weight is 143 g/mol. The van der Waals surface area contributed by atoms with E-state index in [-0.39, 0.29) is 0 Å². The zero-order valence-electron chi connectivity index (χ0n) is 7.78. The maximum absolute atomic E-state index is 5.65. The van der Waals surface area contributed by atoms with Crippen LogP contribution in [0, 0.1) is 5.41 Å². The molecule has 0 aromatic rings. The summed E-state index contributed by atoms with van der Waals surface area (Å²) >= 11 is 0. The van der Waals surface area contributed by atoms with Gasteiger partial charge >= 0.3 is 0 Å². The van der Waals surface area contributed by atoms with Gasteiger partial charge in [0.15, 0.2) is 0 Å². The number of rotatable bonds is 4. The Morgan fingerprint density at radius 1 is 1.40 bits per heavy atom. The summed E-state index contributed by atoms with van der Waals surface area (Å²) in [6.45, 7) is 8.91. The van der Waals surface area contributed by atoms with E-state index >= 15 is 0 Å². The van der Waals surface area contributed by atoms with Gasteiger partial charge in [0.25, 0.3) is 0 Å². The summed E-state index contributed by atoms with van der Waals surface area (Å²) in [5.74, 6) is 0. The van der Waals surface area contributed by atoms with Crippen molar-refractivity contribution in [1.29, 1.82) is 0 Å². The lowest BCUT2D eigenvalue weighted by Crippen LogP contribution is -2.19. The largest absolute Gasteiger partial charge is 0.328 e. The first-order valence-electron chi connectivity index (χ1n) is 4.23. The van der Waals surface area contributed by atoms with Gasteiger partial charge in [-0.15, -0.1) is 0 Å². The first-order valence-corrected chi connectivity index (χ1v) is 4.23. The van der Waals surface area contributed by atoms with Crippen molar-refractivity contribution in [3.8, 4) is 0 Å². The molecule has 0 unspecified atom stereocenters. The summed E-state index contributed by atoms with van der Waals surface area (Å²) in [6.07, 6.45) is 3.65. The third kappa shape index (κ3) is 4.80. The highest BCUT2D eigenvalue weighted by atomic mass is 14.6. The van der Waals surface area contributed by atoms with Crippen molar-refractivity contribution in [1.82, 2.24) is 0 Å². The molecule has 0 spiro atoms. The summed E-state index contributed by atoms with van der Waals surface area (Å²) in [4.78, 5) is 0. The van der Waals surface area contributed by atoms with Crippen LogP contribution in [0.4, 0.5) is 0 Å². The lowest BCUT2D eigenvalue weighted by atomic mass is 9.84. The highest BCUT2D eigenvalue weighted by Crippen LogP contribution is 2.26. The molecule has 0 fully saturated rings. The quantitative estimate of drug-likeness (QED) is 0.643. The van der Waals surface area contributed by atoms with Crippen molar-refractivity contribution in [2.24, 2.45) is 11.1 Å². The minimum atomic E-state index is 0.367. The molecule has 1 heteroatoms. The van der Waals surface area contributed by atoms with E-state index < -0.39 is 0 Å². The van der Waals surface area contributed by atoms with Crippen LogP contribution >= 0.6 is 0 Å². The molecule has 0 aromatic heterocycles. The van der Waals surface area contributed by atoms with E-state index in [0.29, 0.717) is 11.5 Å². The Morgan fingerprint density at radius 2 is 1.90 bits per heavy atom. The molecule has 0 radical (unpaired) electrons. The molecule has 0 saturated carbocycles. The fourth-order valence-corrected chi connectivity index (χ4v) is 0.795. The van der Waals surface area contributed by atoms with Gasteiger partial charge in [-0.1, -0.05) is 27.2 Å². The van der Waals surface area contributed by atoms with Crippen LogP contribution in [-0.4, -0.2) is 6.04 Å². The third-order valence-corrected chi connectivity index (χ3v) is 2.23. The summed E-state index contributed by atoms with van der Waals surface area (Å²) in [5, 5.41) is 0. The first kappa shape index (κ1) is 9.96. The molecule has 0 aliphatic rings. The summed E-state index contributed by atoms with van der Waals surface area (Å²) in [7, 11) is 0. The van der Waals surface area contributed by atoms with Crippen molar-refractivity contribution in [2.45, 2.75) is 53.0 Å². The second-order valence-electron chi connectivity index (χ2n) is 4.03. The van der Waals surface area contributed by atoms with E-state index in [1.165, 1.54) is 12.8 Å². The second-order valence-corrected chi connectivity index (χ2v) is 4.03. The minimum Gasteiger partial charge on any atom is -0.328 e. The normalized spacial score (nSPS) is 15.3. The molecule has 10 heavy (non-hydrogen) atoms. The van der Waals surface area contributed by atoms with Gasteiger partial charge in [0.2, 0.25) is 0 Å². The molecular weight excluding hydrogens is 122 g/mol. The lowest BCUT2D eigenvalue weighted by Gasteiger charge is -2.23. The predicted molar refractivity (Wildman–Crippen MR) is 47.0 cm³/mol. The fourth-order valence-electron chi connectivity index (χ4n) is 0.795. The summed E-state index contributed by atoms with van der Waals surface area (Å²) in [5.41, 5.74) is 6.15. The van der Waals surface area contributed by atoms with Gasteiger partial charge in [-0.25, -0.2) is 0 Å². The van der Waals surface area contributed by atoms with Crippen LogP contribution in [0.2, 0.25) is 0 Å². The predicted octanol–water partition coefficient (Wildman–Crippen LogP) is 2.55. The molecule has 1 atom stereocenters. The monoisotopic (exact) mass is 143 g/mol. The van der Waals surface area contributed by atoms with Crippen molar-refractivity contribution in [3.05, 3.63) is 0 Å². The molecule has 1 nitrogen and oxygen atoms in total. The molecule has 2 N–H and O–H groups in total. The molecule has 0 aromatic carbocycles.